The third kappa shape index (κ3) is 4.73. The number of benzene rings is 1. The Morgan fingerprint density at radius 3 is 2.68 bits per heavy atom. The molecule has 2 rings (SSSR count). The molecule has 0 spiro atoms. The average Bonchev–Trinajstić information content (AvgIpc) is 2.37. The van der Waals surface area contributed by atoms with Gasteiger partial charge in [-0.3, -0.25) is 0 Å². The summed E-state index contributed by atoms with van der Waals surface area (Å²) in [5.74, 6) is 1.70. The van der Waals surface area contributed by atoms with E-state index in [-0.39, 0.29) is 5.54 Å². The van der Waals surface area contributed by atoms with E-state index < -0.39 is 0 Å². The summed E-state index contributed by atoms with van der Waals surface area (Å²) in [5.41, 5.74) is 7.09. The minimum atomic E-state index is -0.0708. The molecule has 0 aliphatic carbocycles. The Balaban J connectivity index is 1.74. The number of hydrogen-bond acceptors (Lipinski definition) is 4. The van der Waals surface area contributed by atoms with Crippen LogP contribution in [0.5, 0.6) is 11.5 Å². The van der Waals surface area contributed by atoms with Crippen molar-refractivity contribution in [3.05, 3.63) is 23.8 Å². The highest BCUT2D eigenvalue weighted by molar-refractivity contribution is 5.43. The van der Waals surface area contributed by atoms with Crippen LogP contribution in [0.25, 0.3) is 0 Å². The van der Waals surface area contributed by atoms with Gasteiger partial charge < -0.3 is 20.5 Å². The molecule has 0 saturated heterocycles. The predicted molar refractivity (Wildman–Crippen MR) is 76.6 cm³/mol. The van der Waals surface area contributed by atoms with Crippen LogP contribution in [0.1, 0.15) is 32.3 Å². The predicted octanol–water partition coefficient (Wildman–Crippen LogP) is 2.06. The Hall–Kier alpha value is -1.26. The smallest absolute Gasteiger partial charge is 0.161 e. The molecule has 106 valence electrons. The van der Waals surface area contributed by atoms with Gasteiger partial charge in [0.05, 0.1) is 0 Å². The summed E-state index contributed by atoms with van der Waals surface area (Å²) in [6, 6.07) is 6.11. The lowest BCUT2D eigenvalue weighted by molar-refractivity contribution is 0.171. The monoisotopic (exact) mass is 264 g/mol. The molecule has 1 aromatic carbocycles. The van der Waals surface area contributed by atoms with E-state index in [4.69, 9.17) is 15.2 Å². The van der Waals surface area contributed by atoms with Crippen LogP contribution in [0.15, 0.2) is 18.2 Å². The van der Waals surface area contributed by atoms with Gasteiger partial charge in [-0.2, -0.15) is 0 Å². The molecule has 1 aliphatic rings. The molecular weight excluding hydrogens is 240 g/mol. The van der Waals surface area contributed by atoms with Gasteiger partial charge in [0.2, 0.25) is 0 Å². The fraction of sp³-hybridized carbons (Fsp3) is 0.600. The summed E-state index contributed by atoms with van der Waals surface area (Å²) in [6.45, 7) is 7.23. The first kappa shape index (κ1) is 14.2. The Morgan fingerprint density at radius 1 is 1.21 bits per heavy atom. The Morgan fingerprint density at radius 2 is 1.95 bits per heavy atom. The quantitative estimate of drug-likeness (QED) is 0.772. The zero-order chi connectivity index (χ0) is 13.7. The molecule has 0 radical (unpaired) electrons. The lowest BCUT2D eigenvalue weighted by atomic mass is 10.0. The molecule has 0 unspecified atom stereocenters. The van der Waals surface area contributed by atoms with Crippen LogP contribution in [-0.2, 0) is 6.54 Å². The van der Waals surface area contributed by atoms with Crippen LogP contribution in [0.3, 0.4) is 0 Å². The van der Waals surface area contributed by atoms with Crippen molar-refractivity contribution in [3.63, 3.8) is 0 Å². The van der Waals surface area contributed by atoms with Gasteiger partial charge in [-0.15, -0.1) is 0 Å². The fourth-order valence-electron chi connectivity index (χ4n) is 2.10. The minimum Gasteiger partial charge on any atom is -0.486 e. The molecule has 1 aromatic rings. The van der Waals surface area contributed by atoms with Crippen LogP contribution >= 0.6 is 0 Å². The lowest BCUT2D eigenvalue weighted by Gasteiger charge is -2.19. The van der Waals surface area contributed by atoms with Gasteiger partial charge in [0.15, 0.2) is 11.5 Å². The second-order valence-electron chi connectivity index (χ2n) is 5.75. The van der Waals surface area contributed by atoms with Crippen LogP contribution in [0.2, 0.25) is 0 Å². The van der Waals surface area contributed by atoms with Gasteiger partial charge in [0, 0.05) is 12.1 Å². The number of rotatable bonds is 6. The van der Waals surface area contributed by atoms with Crippen molar-refractivity contribution in [2.24, 2.45) is 5.73 Å². The topological polar surface area (TPSA) is 56.5 Å². The maximum atomic E-state index is 5.95. The molecule has 0 saturated carbocycles. The van der Waals surface area contributed by atoms with Crippen LogP contribution in [-0.4, -0.2) is 25.3 Å². The SMILES string of the molecule is CC(C)(N)CCCNCc1ccc2c(c1)OCCO2. The molecule has 1 aliphatic heterocycles. The van der Waals surface area contributed by atoms with Crippen molar-refractivity contribution in [1.29, 1.82) is 0 Å². The first-order chi connectivity index (χ1) is 9.04. The van der Waals surface area contributed by atoms with Gasteiger partial charge in [0.1, 0.15) is 13.2 Å². The number of nitrogens with one attached hydrogen (secondary N) is 1. The van der Waals surface area contributed by atoms with E-state index in [1.165, 1.54) is 5.56 Å². The zero-order valence-electron chi connectivity index (χ0n) is 11.9. The Labute approximate surface area is 115 Å². The van der Waals surface area contributed by atoms with Crippen molar-refractivity contribution in [2.45, 2.75) is 38.8 Å². The van der Waals surface area contributed by atoms with Crippen LogP contribution < -0.4 is 20.5 Å². The molecule has 19 heavy (non-hydrogen) atoms. The number of hydrogen-bond donors (Lipinski definition) is 2. The van der Waals surface area contributed by atoms with Gasteiger partial charge in [0.25, 0.3) is 0 Å². The highest BCUT2D eigenvalue weighted by Crippen LogP contribution is 2.30. The summed E-state index contributed by atoms with van der Waals surface area (Å²) < 4.78 is 11.1. The molecule has 0 bridgehead atoms. The second kappa shape index (κ2) is 6.26. The largest absolute Gasteiger partial charge is 0.486 e. The highest BCUT2D eigenvalue weighted by Gasteiger charge is 2.12. The normalized spacial score (nSPS) is 14.5. The van der Waals surface area contributed by atoms with Crippen LogP contribution in [0, 0.1) is 0 Å². The van der Waals surface area contributed by atoms with E-state index in [1.807, 2.05) is 12.1 Å². The summed E-state index contributed by atoms with van der Waals surface area (Å²) in [4.78, 5) is 0. The fourth-order valence-corrected chi connectivity index (χ4v) is 2.10. The summed E-state index contributed by atoms with van der Waals surface area (Å²) in [5, 5.41) is 3.43. The van der Waals surface area contributed by atoms with Gasteiger partial charge in [-0.1, -0.05) is 6.07 Å². The maximum Gasteiger partial charge on any atom is 0.161 e. The Bertz CT molecular complexity index is 413. The molecular formula is C15H24N2O2. The van der Waals surface area contributed by atoms with Crippen molar-refractivity contribution >= 4 is 0 Å². The summed E-state index contributed by atoms with van der Waals surface area (Å²) >= 11 is 0. The highest BCUT2D eigenvalue weighted by atomic mass is 16.6. The van der Waals surface area contributed by atoms with Gasteiger partial charge in [-0.25, -0.2) is 0 Å². The summed E-state index contributed by atoms with van der Waals surface area (Å²) in [6.07, 6.45) is 2.12. The van der Waals surface area contributed by atoms with Crippen molar-refractivity contribution in [1.82, 2.24) is 5.32 Å². The Kier molecular flexibility index (Phi) is 4.66. The van der Waals surface area contributed by atoms with Gasteiger partial charge >= 0.3 is 0 Å². The standard InChI is InChI=1S/C15H24N2O2/c1-15(2,16)6-3-7-17-11-12-4-5-13-14(10-12)19-9-8-18-13/h4-5,10,17H,3,6-9,11,16H2,1-2H3. The number of nitrogens with two attached hydrogens (primary N) is 1. The van der Waals surface area contributed by atoms with Crippen molar-refractivity contribution in [2.75, 3.05) is 19.8 Å². The molecule has 0 aromatic heterocycles. The number of fused-ring (bicyclic) bond motifs is 1. The molecule has 0 atom stereocenters. The molecule has 0 fully saturated rings. The van der Waals surface area contributed by atoms with E-state index in [2.05, 4.69) is 25.2 Å². The maximum absolute atomic E-state index is 5.95. The average molecular weight is 264 g/mol. The first-order valence-corrected chi connectivity index (χ1v) is 6.93. The second-order valence-corrected chi connectivity index (χ2v) is 5.75. The third-order valence-electron chi connectivity index (χ3n) is 3.11. The molecule has 3 N–H and O–H groups in total. The third-order valence-corrected chi connectivity index (χ3v) is 3.11. The van der Waals surface area contributed by atoms with Crippen LogP contribution in [0.4, 0.5) is 0 Å². The van der Waals surface area contributed by atoms with Crippen molar-refractivity contribution < 1.29 is 9.47 Å². The molecule has 4 heteroatoms. The van der Waals surface area contributed by atoms with E-state index in [9.17, 15) is 0 Å². The van der Waals surface area contributed by atoms with E-state index in [1.54, 1.807) is 0 Å². The van der Waals surface area contributed by atoms with Gasteiger partial charge in [-0.05, 0) is 50.9 Å². The molecule has 0 amide bonds. The van der Waals surface area contributed by atoms with E-state index >= 15 is 0 Å². The summed E-state index contributed by atoms with van der Waals surface area (Å²) in [7, 11) is 0. The first-order valence-electron chi connectivity index (χ1n) is 6.93. The van der Waals surface area contributed by atoms with E-state index in [0.717, 1.165) is 37.4 Å². The van der Waals surface area contributed by atoms with Crippen molar-refractivity contribution in [3.8, 4) is 11.5 Å². The molecule has 4 nitrogen and oxygen atoms in total. The number of ether oxygens (including phenoxy) is 2. The van der Waals surface area contributed by atoms with E-state index in [0.29, 0.717) is 13.2 Å². The minimum absolute atomic E-state index is 0.0708. The lowest BCUT2D eigenvalue weighted by Crippen LogP contribution is -2.32. The zero-order valence-corrected chi connectivity index (χ0v) is 11.9. The molecule has 1 heterocycles.